The van der Waals surface area contributed by atoms with Crippen LogP contribution in [0.4, 0.5) is 5.69 Å². The normalized spacial score (nSPS) is 11.4. The number of halogens is 2. The number of hydrazone groups is 1. The quantitative estimate of drug-likeness (QED) is 0.493. The Balaban J connectivity index is 2.10. The Labute approximate surface area is 171 Å². The van der Waals surface area contributed by atoms with Crippen LogP contribution in [0.3, 0.4) is 0 Å². The number of ether oxygens (including phenoxy) is 1. The molecule has 0 atom stereocenters. The molecule has 0 aliphatic carbocycles. The number of benzene rings is 2. The lowest BCUT2D eigenvalue weighted by atomic mass is 10.2. The molecule has 1 N–H and O–H groups in total. The molecule has 0 heterocycles. The number of nitrogens with one attached hydrogen (secondary N) is 1. The Bertz CT molecular complexity index is 949. The van der Waals surface area contributed by atoms with Gasteiger partial charge in [0.15, 0.2) is 0 Å². The lowest BCUT2D eigenvalue weighted by molar-refractivity contribution is -0.119. The summed E-state index contributed by atoms with van der Waals surface area (Å²) < 4.78 is 31.0. The number of hydrogen-bond donors (Lipinski definition) is 1. The van der Waals surface area contributed by atoms with Crippen molar-refractivity contribution in [1.82, 2.24) is 5.43 Å². The number of amides is 1. The van der Waals surface area contributed by atoms with Gasteiger partial charge >= 0.3 is 0 Å². The third kappa shape index (κ3) is 6.23. The topological polar surface area (TPSA) is 88.1 Å². The van der Waals surface area contributed by atoms with E-state index in [0.717, 1.165) is 15.0 Å². The van der Waals surface area contributed by atoms with Crippen molar-refractivity contribution in [1.29, 1.82) is 0 Å². The molecule has 0 radical (unpaired) electrons. The van der Waals surface area contributed by atoms with Gasteiger partial charge in [-0.2, -0.15) is 5.10 Å². The second-order valence-corrected chi connectivity index (χ2v) is 8.68. The molecule has 27 heavy (non-hydrogen) atoms. The van der Waals surface area contributed by atoms with Crippen molar-refractivity contribution in [2.75, 3.05) is 24.2 Å². The maximum atomic E-state index is 12.2. The summed E-state index contributed by atoms with van der Waals surface area (Å²) in [6, 6.07) is 11.5. The molecule has 0 bridgehead atoms. The van der Waals surface area contributed by atoms with E-state index >= 15 is 0 Å². The van der Waals surface area contributed by atoms with E-state index in [1.807, 2.05) is 6.07 Å². The average molecular weight is 475 g/mol. The van der Waals surface area contributed by atoms with Crippen molar-refractivity contribution in [3.63, 3.8) is 0 Å². The van der Waals surface area contributed by atoms with E-state index in [-0.39, 0.29) is 0 Å². The smallest absolute Gasteiger partial charge is 0.260 e. The van der Waals surface area contributed by atoms with Gasteiger partial charge in [0.25, 0.3) is 5.91 Å². The molecule has 7 nitrogen and oxygen atoms in total. The van der Waals surface area contributed by atoms with E-state index in [1.165, 1.54) is 25.5 Å². The molecular formula is C17H17BrClN3O4S. The first kappa shape index (κ1) is 21.2. The molecule has 2 rings (SSSR count). The number of nitrogens with zero attached hydrogens (tertiary/aromatic N) is 2. The van der Waals surface area contributed by atoms with Gasteiger partial charge in [-0.05, 0) is 42.5 Å². The average Bonchev–Trinajstić information content (AvgIpc) is 2.60. The van der Waals surface area contributed by atoms with Gasteiger partial charge in [-0.25, -0.2) is 13.8 Å². The predicted octanol–water partition coefficient (Wildman–Crippen LogP) is 3.03. The lowest BCUT2D eigenvalue weighted by Gasteiger charge is -2.21. The van der Waals surface area contributed by atoms with Crippen LogP contribution >= 0.6 is 27.5 Å². The first-order valence-corrected chi connectivity index (χ1v) is 10.6. The fourth-order valence-electron chi connectivity index (χ4n) is 2.15. The third-order valence-electron chi connectivity index (χ3n) is 3.39. The Hall–Kier alpha value is -2.10. The van der Waals surface area contributed by atoms with Gasteiger partial charge in [-0.15, -0.1) is 0 Å². The summed E-state index contributed by atoms with van der Waals surface area (Å²) in [7, 11) is -2.14. The molecule has 0 saturated heterocycles. The summed E-state index contributed by atoms with van der Waals surface area (Å²) in [6.45, 7) is -0.423. The fraction of sp³-hybridized carbons (Fsp3) is 0.176. The van der Waals surface area contributed by atoms with Crippen LogP contribution in [-0.4, -0.2) is 40.4 Å². The summed E-state index contributed by atoms with van der Waals surface area (Å²) in [5, 5.41) is 4.33. The van der Waals surface area contributed by atoms with E-state index < -0.39 is 22.5 Å². The number of rotatable bonds is 7. The second-order valence-electron chi connectivity index (χ2n) is 5.43. The van der Waals surface area contributed by atoms with Crippen LogP contribution in [0, 0.1) is 0 Å². The zero-order chi connectivity index (χ0) is 20.0. The SMILES string of the molecule is COc1ccc(Br)cc1/C=N/NC(=O)CN(c1ccc(Cl)cc1)S(C)(=O)=O. The van der Waals surface area contributed by atoms with E-state index in [9.17, 15) is 13.2 Å². The van der Waals surface area contributed by atoms with Gasteiger partial charge in [-0.1, -0.05) is 27.5 Å². The highest BCUT2D eigenvalue weighted by Crippen LogP contribution is 2.21. The Kier molecular flexibility index (Phi) is 7.23. The summed E-state index contributed by atoms with van der Waals surface area (Å²) in [6.07, 6.45) is 2.43. The Morgan fingerprint density at radius 2 is 1.96 bits per heavy atom. The number of sulfonamides is 1. The van der Waals surface area contributed by atoms with Crippen molar-refractivity contribution in [3.8, 4) is 5.75 Å². The van der Waals surface area contributed by atoms with Gasteiger partial charge in [-0.3, -0.25) is 9.10 Å². The summed E-state index contributed by atoms with van der Waals surface area (Å²) in [5.74, 6) is -0.0179. The molecule has 0 spiro atoms. The number of hydrogen-bond acceptors (Lipinski definition) is 5. The van der Waals surface area contributed by atoms with Crippen molar-refractivity contribution in [2.24, 2.45) is 5.10 Å². The maximum Gasteiger partial charge on any atom is 0.260 e. The standard InChI is InChI=1S/C17H17BrClN3O4S/c1-26-16-8-3-13(18)9-12(16)10-20-21-17(23)11-22(27(2,24)25)15-6-4-14(19)5-7-15/h3-10H,11H2,1-2H3,(H,21,23)/b20-10+. The summed E-state index contributed by atoms with van der Waals surface area (Å²) in [4.78, 5) is 12.2. The van der Waals surface area contributed by atoms with Crippen LogP contribution in [0.15, 0.2) is 52.0 Å². The number of carbonyl (C=O) groups excluding carboxylic acids is 1. The minimum absolute atomic E-state index is 0.328. The van der Waals surface area contributed by atoms with Crippen molar-refractivity contribution in [2.45, 2.75) is 0 Å². The predicted molar refractivity (Wildman–Crippen MR) is 110 cm³/mol. The van der Waals surface area contributed by atoms with Crippen LogP contribution in [0.1, 0.15) is 5.56 Å². The highest BCUT2D eigenvalue weighted by molar-refractivity contribution is 9.10. The maximum absolute atomic E-state index is 12.2. The molecule has 2 aromatic carbocycles. The highest BCUT2D eigenvalue weighted by Gasteiger charge is 2.20. The minimum atomic E-state index is -3.67. The monoisotopic (exact) mass is 473 g/mol. The zero-order valence-corrected chi connectivity index (χ0v) is 17.7. The third-order valence-corrected chi connectivity index (χ3v) is 5.27. The Morgan fingerprint density at radius 1 is 1.30 bits per heavy atom. The van der Waals surface area contributed by atoms with Crippen LogP contribution in [0.5, 0.6) is 5.75 Å². The largest absolute Gasteiger partial charge is 0.496 e. The molecule has 0 aromatic heterocycles. The van der Waals surface area contributed by atoms with E-state index in [2.05, 4.69) is 26.5 Å². The molecule has 0 aliphatic heterocycles. The molecule has 10 heteroatoms. The van der Waals surface area contributed by atoms with Gasteiger partial charge < -0.3 is 4.74 Å². The minimum Gasteiger partial charge on any atom is -0.496 e. The second kappa shape index (κ2) is 9.20. The van der Waals surface area contributed by atoms with Gasteiger partial charge in [0.05, 0.1) is 25.3 Å². The highest BCUT2D eigenvalue weighted by atomic mass is 79.9. The van der Waals surface area contributed by atoms with Crippen LogP contribution in [0.25, 0.3) is 0 Å². The van der Waals surface area contributed by atoms with Crippen molar-refractivity contribution < 1.29 is 17.9 Å². The molecule has 2 aromatic rings. The first-order valence-electron chi connectivity index (χ1n) is 7.59. The number of carbonyl (C=O) groups is 1. The van der Waals surface area contributed by atoms with Crippen LogP contribution in [-0.2, 0) is 14.8 Å². The molecule has 0 unspecified atom stereocenters. The van der Waals surface area contributed by atoms with Crippen molar-refractivity contribution >= 4 is 55.4 Å². The first-order chi connectivity index (χ1) is 12.7. The molecule has 1 amide bonds. The van der Waals surface area contributed by atoms with Crippen LogP contribution in [0.2, 0.25) is 5.02 Å². The Morgan fingerprint density at radius 3 is 2.56 bits per heavy atom. The summed E-state index contributed by atoms with van der Waals surface area (Å²) >= 11 is 9.16. The van der Waals surface area contributed by atoms with Gasteiger partial charge in [0.1, 0.15) is 12.3 Å². The molecule has 0 aliphatic rings. The number of anilines is 1. The van der Waals surface area contributed by atoms with E-state index in [0.29, 0.717) is 22.0 Å². The molecular weight excluding hydrogens is 458 g/mol. The molecule has 0 saturated carbocycles. The van der Waals surface area contributed by atoms with E-state index in [4.69, 9.17) is 16.3 Å². The van der Waals surface area contributed by atoms with E-state index in [1.54, 1.807) is 24.3 Å². The zero-order valence-electron chi connectivity index (χ0n) is 14.5. The molecule has 144 valence electrons. The summed E-state index contributed by atoms with van der Waals surface area (Å²) in [5.41, 5.74) is 3.28. The van der Waals surface area contributed by atoms with Gasteiger partial charge in [0.2, 0.25) is 10.0 Å². The lowest BCUT2D eigenvalue weighted by Crippen LogP contribution is -2.39. The fourth-order valence-corrected chi connectivity index (χ4v) is 3.51. The van der Waals surface area contributed by atoms with Crippen LogP contribution < -0.4 is 14.5 Å². The van der Waals surface area contributed by atoms with Crippen molar-refractivity contribution in [3.05, 3.63) is 57.5 Å². The molecule has 0 fully saturated rings. The van der Waals surface area contributed by atoms with Gasteiger partial charge in [0, 0.05) is 15.1 Å². The number of methoxy groups -OCH3 is 1.